The van der Waals surface area contributed by atoms with Gasteiger partial charge in [0.25, 0.3) is 5.91 Å². The van der Waals surface area contributed by atoms with Crippen LogP contribution in [0.1, 0.15) is 39.8 Å². The first-order valence-corrected chi connectivity index (χ1v) is 10.8. The van der Waals surface area contributed by atoms with Gasteiger partial charge in [0.2, 0.25) is 5.96 Å². The second-order valence-corrected chi connectivity index (χ2v) is 7.59. The Morgan fingerprint density at radius 3 is 2.42 bits per heavy atom. The first-order valence-electron chi connectivity index (χ1n) is 10.8. The lowest BCUT2D eigenvalue weighted by Crippen LogP contribution is -2.36. The molecule has 3 aromatic rings. The van der Waals surface area contributed by atoms with Gasteiger partial charge in [-0.15, -0.1) is 0 Å². The highest BCUT2D eigenvalue weighted by Crippen LogP contribution is 2.27. The van der Waals surface area contributed by atoms with E-state index < -0.39 is 0 Å². The van der Waals surface area contributed by atoms with Crippen molar-refractivity contribution in [1.82, 2.24) is 15.1 Å². The van der Waals surface area contributed by atoms with Crippen molar-refractivity contribution in [1.29, 1.82) is 0 Å². The Morgan fingerprint density at radius 1 is 1.06 bits per heavy atom. The molecule has 3 rings (SSSR count). The summed E-state index contributed by atoms with van der Waals surface area (Å²) in [6.07, 6.45) is 0. The predicted molar refractivity (Wildman–Crippen MR) is 130 cm³/mol. The number of aliphatic imine (C=N–C) groups is 1. The van der Waals surface area contributed by atoms with Crippen LogP contribution >= 0.6 is 0 Å². The van der Waals surface area contributed by atoms with E-state index in [1.165, 1.54) is 7.11 Å². The van der Waals surface area contributed by atoms with Crippen LogP contribution in [0.2, 0.25) is 0 Å². The molecule has 1 aromatic heterocycles. The van der Waals surface area contributed by atoms with Crippen LogP contribution in [-0.2, 0) is 13.1 Å². The third-order valence-electron chi connectivity index (χ3n) is 5.50. The fourth-order valence-corrected chi connectivity index (χ4v) is 3.54. The number of nitrogens with zero attached hydrogens (tertiary/aromatic N) is 3. The van der Waals surface area contributed by atoms with Gasteiger partial charge in [0.1, 0.15) is 0 Å². The summed E-state index contributed by atoms with van der Waals surface area (Å²) in [5.74, 6) is 1.08. The third kappa shape index (κ3) is 5.52. The van der Waals surface area contributed by atoms with Crippen molar-refractivity contribution in [3.63, 3.8) is 0 Å². The van der Waals surface area contributed by atoms with Crippen LogP contribution in [0.5, 0.6) is 11.5 Å². The molecule has 0 saturated heterocycles. The highest BCUT2D eigenvalue weighted by Gasteiger charge is 2.15. The molecule has 1 heterocycles. The van der Waals surface area contributed by atoms with Gasteiger partial charge in [-0.3, -0.25) is 14.8 Å². The summed E-state index contributed by atoms with van der Waals surface area (Å²) < 4.78 is 12.5. The molecule has 0 bridgehead atoms. The lowest BCUT2D eigenvalue weighted by atomic mass is 10.2. The van der Waals surface area contributed by atoms with Gasteiger partial charge in [0.15, 0.2) is 11.5 Å². The van der Waals surface area contributed by atoms with Gasteiger partial charge in [0, 0.05) is 29.1 Å². The van der Waals surface area contributed by atoms with Crippen molar-refractivity contribution in [2.45, 2.75) is 40.8 Å². The number of methoxy groups -OCH3 is 2. The van der Waals surface area contributed by atoms with Crippen LogP contribution in [0, 0.1) is 20.8 Å². The van der Waals surface area contributed by atoms with Gasteiger partial charge in [-0.25, -0.2) is 4.99 Å². The zero-order chi connectivity index (χ0) is 24.0. The molecule has 0 radical (unpaired) electrons. The number of hydrogen-bond donors (Lipinski definition) is 2. The maximum absolute atomic E-state index is 13.0. The number of hydrogen-bond acceptors (Lipinski definition) is 5. The van der Waals surface area contributed by atoms with E-state index in [1.54, 1.807) is 25.3 Å². The Kier molecular flexibility index (Phi) is 7.71. The quantitative estimate of drug-likeness (QED) is 0.416. The first kappa shape index (κ1) is 23.8. The van der Waals surface area contributed by atoms with E-state index in [0.717, 1.165) is 34.7 Å². The number of carbonyl (C=O) groups is 1. The van der Waals surface area contributed by atoms with Gasteiger partial charge in [-0.05, 0) is 57.5 Å². The van der Waals surface area contributed by atoms with E-state index in [4.69, 9.17) is 14.5 Å². The van der Waals surface area contributed by atoms with Gasteiger partial charge >= 0.3 is 0 Å². The lowest BCUT2D eigenvalue weighted by Gasteiger charge is -2.14. The summed E-state index contributed by atoms with van der Waals surface area (Å²) in [6.45, 7) is 9.24. The molecule has 0 unspecified atom stereocenters. The molecule has 0 fully saturated rings. The number of nitrogens with one attached hydrogen (secondary N) is 2. The summed E-state index contributed by atoms with van der Waals surface area (Å²) in [4.78, 5) is 17.8. The van der Waals surface area contributed by atoms with Crippen molar-refractivity contribution in [2.24, 2.45) is 4.99 Å². The van der Waals surface area contributed by atoms with E-state index in [-0.39, 0.29) is 5.91 Å². The normalized spacial score (nSPS) is 11.3. The van der Waals surface area contributed by atoms with Crippen LogP contribution in [0.3, 0.4) is 0 Å². The predicted octanol–water partition coefficient (Wildman–Crippen LogP) is 4.24. The molecule has 0 aliphatic carbocycles. The maximum Gasteiger partial charge on any atom is 0.258 e. The van der Waals surface area contributed by atoms with Crippen LogP contribution in [0.15, 0.2) is 47.5 Å². The largest absolute Gasteiger partial charge is 0.493 e. The number of amides is 1. The summed E-state index contributed by atoms with van der Waals surface area (Å²) in [5, 5.41) is 10.7. The van der Waals surface area contributed by atoms with Gasteiger partial charge in [0.05, 0.1) is 26.5 Å². The van der Waals surface area contributed by atoms with Crippen LogP contribution in [0.4, 0.5) is 5.69 Å². The molecule has 0 atom stereocenters. The second kappa shape index (κ2) is 10.7. The number of benzene rings is 2. The van der Waals surface area contributed by atoms with Crippen LogP contribution in [-0.4, -0.2) is 35.9 Å². The van der Waals surface area contributed by atoms with Crippen LogP contribution in [0.25, 0.3) is 0 Å². The topological polar surface area (TPSA) is 89.8 Å². The number of aromatic nitrogens is 2. The minimum Gasteiger partial charge on any atom is -0.493 e. The Balaban J connectivity index is 1.90. The molecule has 0 aliphatic heterocycles. The maximum atomic E-state index is 13.0. The van der Waals surface area contributed by atoms with Gasteiger partial charge < -0.3 is 14.8 Å². The summed E-state index contributed by atoms with van der Waals surface area (Å²) in [6, 6.07) is 12.9. The minimum absolute atomic E-state index is 0.312. The van der Waals surface area contributed by atoms with E-state index in [9.17, 15) is 4.79 Å². The monoisotopic (exact) mass is 449 g/mol. The van der Waals surface area contributed by atoms with E-state index in [0.29, 0.717) is 29.6 Å². The molecular weight excluding hydrogens is 418 g/mol. The number of rotatable bonds is 7. The minimum atomic E-state index is -0.312. The second-order valence-electron chi connectivity index (χ2n) is 7.59. The summed E-state index contributed by atoms with van der Waals surface area (Å²) in [5.41, 5.74) is 5.37. The zero-order valence-corrected chi connectivity index (χ0v) is 20.0. The van der Waals surface area contributed by atoms with E-state index in [2.05, 4.69) is 22.7 Å². The molecule has 1 amide bonds. The van der Waals surface area contributed by atoms with Crippen molar-refractivity contribution >= 4 is 17.6 Å². The number of carbonyl (C=O) groups excluding carboxylic acids is 1. The number of para-hydroxylation sites is 1. The Hall–Kier alpha value is -3.81. The Labute approximate surface area is 194 Å². The number of ether oxygens (including phenoxy) is 2. The number of guanidine groups is 1. The highest BCUT2D eigenvalue weighted by molar-refractivity contribution is 6.10. The average molecular weight is 450 g/mol. The molecule has 0 spiro atoms. The molecule has 2 N–H and O–H groups in total. The third-order valence-corrected chi connectivity index (χ3v) is 5.50. The summed E-state index contributed by atoms with van der Waals surface area (Å²) in [7, 11) is 3.09. The molecular formula is C25H31N5O3. The molecule has 174 valence electrons. The fourth-order valence-electron chi connectivity index (χ4n) is 3.54. The van der Waals surface area contributed by atoms with Crippen molar-refractivity contribution < 1.29 is 14.3 Å². The Bertz CT molecular complexity index is 1170. The molecule has 33 heavy (non-hydrogen) atoms. The molecule has 8 heteroatoms. The molecule has 2 aromatic carbocycles. The van der Waals surface area contributed by atoms with Crippen molar-refractivity contribution in [3.8, 4) is 11.5 Å². The van der Waals surface area contributed by atoms with Gasteiger partial charge in [-0.1, -0.05) is 18.2 Å². The van der Waals surface area contributed by atoms with Crippen molar-refractivity contribution in [2.75, 3.05) is 19.5 Å². The average Bonchev–Trinajstić information content (AvgIpc) is 3.10. The lowest BCUT2D eigenvalue weighted by molar-refractivity contribution is 0.0976. The molecule has 8 nitrogen and oxygen atoms in total. The first-order chi connectivity index (χ1) is 15.9. The SMILES string of the molecule is CCn1nc(C)c(CN=C(NC(=O)c2ccc(OC)c(OC)c2)Nc2ccccc2C)c1C. The smallest absolute Gasteiger partial charge is 0.258 e. The van der Waals surface area contributed by atoms with E-state index >= 15 is 0 Å². The fraction of sp³-hybridized carbons (Fsp3) is 0.320. The van der Waals surface area contributed by atoms with E-state index in [1.807, 2.05) is 49.7 Å². The molecule has 0 saturated carbocycles. The zero-order valence-electron chi connectivity index (χ0n) is 20.0. The summed E-state index contributed by atoms with van der Waals surface area (Å²) >= 11 is 0. The standard InChI is InChI=1S/C25H31N5O3/c1-7-30-18(4)20(17(3)29-30)15-26-25(27-21-11-9-8-10-16(21)2)28-24(31)19-12-13-22(32-5)23(14-19)33-6/h8-14H,7,15H2,1-6H3,(H2,26,27,28,31). The highest BCUT2D eigenvalue weighted by atomic mass is 16.5. The van der Waals surface area contributed by atoms with Crippen LogP contribution < -0.4 is 20.1 Å². The van der Waals surface area contributed by atoms with Gasteiger partial charge in [-0.2, -0.15) is 5.10 Å². The Morgan fingerprint density at radius 2 is 1.79 bits per heavy atom. The number of anilines is 1. The molecule has 0 aliphatic rings. The van der Waals surface area contributed by atoms with Crippen molar-refractivity contribution in [3.05, 3.63) is 70.5 Å². The number of aryl methyl sites for hydroxylation is 3.